The molecule has 0 radical (unpaired) electrons. The quantitative estimate of drug-likeness (QED) is 0.545. The van der Waals surface area contributed by atoms with E-state index in [0.717, 1.165) is 22.7 Å². The summed E-state index contributed by atoms with van der Waals surface area (Å²) in [7, 11) is 0. The number of rotatable bonds is 6. The predicted molar refractivity (Wildman–Crippen MR) is 119 cm³/mol. The smallest absolute Gasteiger partial charge is 0.221 e. The molecule has 2 aromatic rings. The second-order valence-electron chi connectivity index (χ2n) is 5.79. The molecule has 0 spiro atoms. The van der Waals surface area contributed by atoms with Crippen LogP contribution >= 0.6 is 24.4 Å². The van der Waals surface area contributed by atoms with Gasteiger partial charge in [-0.25, -0.2) is 0 Å². The summed E-state index contributed by atoms with van der Waals surface area (Å²) in [4.78, 5) is 23.2. The van der Waals surface area contributed by atoms with Gasteiger partial charge in [0.2, 0.25) is 11.8 Å². The highest BCUT2D eigenvalue weighted by molar-refractivity contribution is 7.82. The number of anilines is 4. The lowest BCUT2D eigenvalue weighted by Crippen LogP contribution is -2.18. The molecule has 2 aromatic carbocycles. The molecule has 0 saturated heterocycles. The summed E-state index contributed by atoms with van der Waals surface area (Å²) in [5.74, 6) is -0.236. The Hall–Kier alpha value is -2.84. The van der Waals surface area contributed by atoms with Crippen LogP contribution in [0.3, 0.4) is 0 Å². The first-order valence-electron chi connectivity index (χ1n) is 8.17. The highest BCUT2D eigenvalue weighted by atomic mass is 32.1. The van der Waals surface area contributed by atoms with E-state index in [4.69, 9.17) is 24.4 Å². The topological polar surface area (TPSA) is 82.3 Å². The van der Waals surface area contributed by atoms with Crippen LogP contribution in [0.4, 0.5) is 22.7 Å². The number of thiocarbonyl (C=S) groups is 2. The largest absolute Gasteiger partial charge is 0.350 e. The van der Waals surface area contributed by atoms with Gasteiger partial charge in [0.25, 0.3) is 0 Å². The van der Waals surface area contributed by atoms with Crippen molar-refractivity contribution in [2.24, 2.45) is 0 Å². The zero-order valence-corrected chi connectivity index (χ0v) is 16.6. The fourth-order valence-corrected chi connectivity index (χ4v) is 2.85. The Morgan fingerprint density at radius 1 is 0.630 bits per heavy atom. The molecule has 2 amide bonds. The molecule has 0 fully saturated rings. The molecule has 0 aliphatic carbocycles. The minimum atomic E-state index is -0.118. The first-order chi connectivity index (χ1) is 12.8. The van der Waals surface area contributed by atoms with Crippen LogP contribution in [0.25, 0.3) is 0 Å². The van der Waals surface area contributed by atoms with Crippen molar-refractivity contribution in [1.82, 2.24) is 0 Å². The van der Waals surface area contributed by atoms with Gasteiger partial charge in [0.1, 0.15) is 0 Å². The van der Waals surface area contributed by atoms with Crippen LogP contribution in [0.2, 0.25) is 0 Å². The zero-order chi connectivity index (χ0) is 19.8. The Morgan fingerprint density at radius 3 is 1.15 bits per heavy atom. The van der Waals surface area contributed by atoms with Gasteiger partial charge in [-0.1, -0.05) is 24.4 Å². The first-order valence-corrected chi connectivity index (χ1v) is 8.98. The van der Waals surface area contributed by atoms with E-state index in [1.165, 1.54) is 13.8 Å². The average Bonchev–Trinajstić information content (AvgIpc) is 2.57. The summed E-state index contributed by atoms with van der Waals surface area (Å²) in [6, 6.07) is 14.5. The molecule has 140 valence electrons. The van der Waals surface area contributed by atoms with Gasteiger partial charge in [-0.3, -0.25) is 9.59 Å². The van der Waals surface area contributed by atoms with E-state index in [1.54, 1.807) is 24.3 Å². The van der Waals surface area contributed by atoms with E-state index in [2.05, 4.69) is 21.3 Å². The normalized spacial score (nSPS) is 9.85. The minimum Gasteiger partial charge on any atom is -0.350 e. The Labute approximate surface area is 168 Å². The maximum atomic E-state index is 11.0. The van der Waals surface area contributed by atoms with E-state index in [0.29, 0.717) is 16.4 Å². The van der Waals surface area contributed by atoms with Gasteiger partial charge in [-0.15, -0.1) is 0 Å². The molecule has 8 heteroatoms. The van der Waals surface area contributed by atoms with Crippen molar-refractivity contribution in [2.75, 3.05) is 21.3 Å². The number of carbonyl (C=O) groups is 2. The number of hydrogen-bond acceptors (Lipinski definition) is 4. The van der Waals surface area contributed by atoms with E-state index in [-0.39, 0.29) is 11.8 Å². The number of hydrogen-bond donors (Lipinski definition) is 4. The highest BCUT2D eigenvalue weighted by Crippen LogP contribution is 2.16. The van der Waals surface area contributed by atoms with Crippen molar-refractivity contribution in [2.45, 2.75) is 20.3 Å². The van der Waals surface area contributed by atoms with Crippen LogP contribution < -0.4 is 21.3 Å². The molecular formula is C19H20N4O2S2. The van der Waals surface area contributed by atoms with E-state index in [1.807, 2.05) is 24.3 Å². The van der Waals surface area contributed by atoms with Gasteiger partial charge < -0.3 is 21.3 Å². The van der Waals surface area contributed by atoms with Crippen LogP contribution in [-0.2, 0) is 9.59 Å². The molecule has 0 unspecified atom stereocenters. The van der Waals surface area contributed by atoms with Crippen LogP contribution in [0.5, 0.6) is 0 Å². The lowest BCUT2D eigenvalue weighted by Gasteiger charge is -2.12. The first kappa shape index (κ1) is 20.5. The Bertz CT molecular complexity index is 778. The number of nitrogens with one attached hydrogen (secondary N) is 4. The molecule has 0 atom stereocenters. The maximum Gasteiger partial charge on any atom is 0.221 e. The number of amides is 2. The van der Waals surface area contributed by atoms with Crippen LogP contribution in [0, 0.1) is 0 Å². The summed E-state index contributed by atoms with van der Waals surface area (Å²) < 4.78 is 0. The molecular weight excluding hydrogens is 380 g/mol. The Kier molecular flexibility index (Phi) is 7.39. The molecule has 0 bridgehead atoms. The fourth-order valence-electron chi connectivity index (χ4n) is 2.24. The summed E-state index contributed by atoms with van der Waals surface area (Å²) in [5.41, 5.74) is 3.07. The summed E-state index contributed by atoms with van der Waals surface area (Å²) in [6.07, 6.45) is 0.394. The molecule has 0 saturated carbocycles. The third-order valence-corrected chi connectivity index (χ3v) is 3.79. The minimum absolute atomic E-state index is 0.118. The van der Waals surface area contributed by atoms with Gasteiger partial charge in [-0.05, 0) is 48.5 Å². The maximum absolute atomic E-state index is 11.0. The van der Waals surface area contributed by atoms with Gasteiger partial charge in [0, 0.05) is 43.0 Å². The van der Waals surface area contributed by atoms with E-state index in [9.17, 15) is 9.59 Å². The van der Waals surface area contributed by atoms with Gasteiger partial charge in [0.15, 0.2) is 0 Å². The standard InChI is InChI=1S/C19H20N4O2S2/c1-12(24)20-14-3-7-16(8-4-14)22-18(26)11-19(27)23-17-9-5-15(6-10-17)21-13(2)25/h3-10H,11H2,1-2H3,(H,20,24)(H,21,25)(H,22,26)(H,23,27). The molecule has 4 N–H and O–H groups in total. The Balaban J connectivity index is 1.83. The van der Waals surface area contributed by atoms with Crippen molar-refractivity contribution in [3.63, 3.8) is 0 Å². The van der Waals surface area contributed by atoms with Gasteiger partial charge in [0.05, 0.1) is 9.98 Å². The zero-order valence-electron chi connectivity index (χ0n) is 15.0. The third kappa shape index (κ3) is 7.51. The second kappa shape index (κ2) is 9.75. The lowest BCUT2D eigenvalue weighted by atomic mass is 10.2. The molecule has 27 heavy (non-hydrogen) atoms. The molecule has 0 aromatic heterocycles. The monoisotopic (exact) mass is 400 g/mol. The lowest BCUT2D eigenvalue weighted by molar-refractivity contribution is -0.115. The van der Waals surface area contributed by atoms with Crippen molar-refractivity contribution in [1.29, 1.82) is 0 Å². The van der Waals surface area contributed by atoms with Crippen LogP contribution in [0.1, 0.15) is 20.3 Å². The average molecular weight is 401 g/mol. The molecule has 6 nitrogen and oxygen atoms in total. The molecule has 2 rings (SSSR count). The predicted octanol–water partition coefficient (Wildman–Crippen LogP) is 4.17. The van der Waals surface area contributed by atoms with Gasteiger partial charge >= 0.3 is 0 Å². The molecule has 0 heterocycles. The van der Waals surface area contributed by atoms with Crippen LogP contribution in [-0.4, -0.2) is 21.8 Å². The van der Waals surface area contributed by atoms with E-state index < -0.39 is 0 Å². The fraction of sp³-hybridized carbons (Fsp3) is 0.158. The van der Waals surface area contributed by atoms with Crippen molar-refractivity contribution < 1.29 is 9.59 Å². The van der Waals surface area contributed by atoms with Crippen LogP contribution in [0.15, 0.2) is 48.5 Å². The molecule has 0 aliphatic rings. The van der Waals surface area contributed by atoms with Crippen molar-refractivity contribution >= 4 is 69.0 Å². The number of carbonyl (C=O) groups excluding carboxylic acids is 2. The highest BCUT2D eigenvalue weighted by Gasteiger charge is 2.05. The molecule has 0 aliphatic heterocycles. The van der Waals surface area contributed by atoms with Crippen molar-refractivity contribution in [3.8, 4) is 0 Å². The Morgan fingerprint density at radius 2 is 0.889 bits per heavy atom. The van der Waals surface area contributed by atoms with Gasteiger partial charge in [-0.2, -0.15) is 0 Å². The third-order valence-electron chi connectivity index (χ3n) is 3.30. The second-order valence-corrected chi connectivity index (χ2v) is 6.78. The summed E-state index contributed by atoms with van der Waals surface area (Å²) in [6.45, 7) is 2.92. The summed E-state index contributed by atoms with van der Waals surface area (Å²) >= 11 is 10.7. The SMILES string of the molecule is CC(=O)Nc1ccc(NC(=S)CC(=S)Nc2ccc(NC(C)=O)cc2)cc1. The van der Waals surface area contributed by atoms with Crippen molar-refractivity contribution in [3.05, 3.63) is 48.5 Å². The summed E-state index contributed by atoms with van der Waals surface area (Å²) in [5, 5.41) is 11.6. The van der Waals surface area contributed by atoms with E-state index >= 15 is 0 Å². The number of benzene rings is 2.